The highest BCUT2D eigenvalue weighted by Gasteiger charge is 2.21. The van der Waals surface area contributed by atoms with Crippen molar-refractivity contribution in [1.29, 1.82) is 0 Å². The molecular weight excluding hydrogens is 382 g/mol. The van der Waals surface area contributed by atoms with Gasteiger partial charge in [-0.05, 0) is 30.9 Å². The summed E-state index contributed by atoms with van der Waals surface area (Å²) in [6.07, 6.45) is 9.19. The number of carbonyl (C=O) groups is 1. The van der Waals surface area contributed by atoms with Crippen molar-refractivity contribution in [3.63, 3.8) is 0 Å². The van der Waals surface area contributed by atoms with E-state index in [1.54, 1.807) is 10.1 Å². The molecule has 2 aromatic heterocycles. The van der Waals surface area contributed by atoms with E-state index in [1.807, 2.05) is 29.6 Å². The average Bonchev–Trinajstić information content (AvgIpc) is 3.39. The van der Waals surface area contributed by atoms with Crippen molar-refractivity contribution < 1.29 is 9.53 Å². The van der Waals surface area contributed by atoms with E-state index in [9.17, 15) is 4.79 Å². The molecule has 0 aliphatic heterocycles. The second kappa shape index (κ2) is 11.1. The average molecular weight is 414 g/mol. The lowest BCUT2D eigenvalue weighted by atomic mass is 9.96. The molecule has 0 N–H and O–H groups in total. The van der Waals surface area contributed by atoms with Gasteiger partial charge in [-0.1, -0.05) is 64.5 Å². The molecule has 29 heavy (non-hydrogen) atoms. The summed E-state index contributed by atoms with van der Waals surface area (Å²) in [5, 5.41) is 1.91. The summed E-state index contributed by atoms with van der Waals surface area (Å²) < 4.78 is 7.38. The monoisotopic (exact) mass is 413 g/mol. The van der Waals surface area contributed by atoms with Gasteiger partial charge in [-0.15, -0.1) is 11.3 Å². The Balaban J connectivity index is 1.73. The first kappa shape index (κ1) is 21.5. The minimum atomic E-state index is -0.364. The third kappa shape index (κ3) is 5.66. The van der Waals surface area contributed by atoms with E-state index in [1.165, 1.54) is 49.9 Å². The molecular formula is C23H31N3O2S. The van der Waals surface area contributed by atoms with Gasteiger partial charge in [0.1, 0.15) is 5.69 Å². The van der Waals surface area contributed by atoms with Crippen molar-refractivity contribution in [1.82, 2.24) is 14.5 Å². The van der Waals surface area contributed by atoms with Crippen molar-refractivity contribution in [2.75, 3.05) is 6.61 Å². The van der Waals surface area contributed by atoms with Crippen LogP contribution >= 0.6 is 11.3 Å². The summed E-state index contributed by atoms with van der Waals surface area (Å²) in [4.78, 5) is 22.0. The van der Waals surface area contributed by atoms with E-state index in [2.05, 4.69) is 23.8 Å². The fourth-order valence-corrected chi connectivity index (χ4v) is 4.15. The number of ether oxygens (including phenoxy) is 1. The lowest BCUT2D eigenvalue weighted by Crippen LogP contribution is -2.20. The Kier molecular flexibility index (Phi) is 8.23. The third-order valence-electron chi connectivity index (χ3n) is 5.28. The lowest BCUT2D eigenvalue weighted by Gasteiger charge is -2.17. The van der Waals surface area contributed by atoms with E-state index in [-0.39, 0.29) is 6.09 Å². The zero-order valence-corrected chi connectivity index (χ0v) is 18.3. The Hall–Kier alpha value is -2.21. The topological polar surface area (TPSA) is 57.0 Å². The van der Waals surface area contributed by atoms with Gasteiger partial charge in [0, 0.05) is 5.38 Å². The molecule has 3 aromatic rings. The number of hydrogen-bond donors (Lipinski definition) is 0. The van der Waals surface area contributed by atoms with E-state index < -0.39 is 0 Å². The van der Waals surface area contributed by atoms with Crippen molar-refractivity contribution in [3.05, 3.63) is 35.2 Å². The maximum Gasteiger partial charge on any atom is 0.420 e. The van der Waals surface area contributed by atoms with E-state index in [0.29, 0.717) is 24.0 Å². The molecule has 3 rings (SSSR count). The van der Waals surface area contributed by atoms with Crippen LogP contribution in [0, 0.1) is 5.92 Å². The fraction of sp³-hybridized carbons (Fsp3) is 0.522. The molecule has 0 saturated carbocycles. The quantitative estimate of drug-likeness (QED) is 0.320. The SMILES string of the molecule is CCCCCCC(CCCC)COC(=O)n1c(-c2cscn2)nc2ccccc21. The number of hydrogen-bond acceptors (Lipinski definition) is 5. The predicted octanol–water partition coefficient (Wildman–Crippen LogP) is 6.92. The zero-order chi connectivity index (χ0) is 20.5. The number of carbonyl (C=O) groups excluding carboxylic acids is 1. The highest BCUT2D eigenvalue weighted by atomic mass is 32.1. The number of unbranched alkanes of at least 4 members (excludes halogenated alkanes) is 4. The molecule has 6 heteroatoms. The molecule has 0 saturated heterocycles. The smallest absolute Gasteiger partial charge is 0.420 e. The molecule has 1 unspecified atom stereocenters. The van der Waals surface area contributed by atoms with Gasteiger partial charge in [-0.25, -0.2) is 19.3 Å². The van der Waals surface area contributed by atoms with Crippen LogP contribution in [0.15, 0.2) is 35.2 Å². The number of thiazole rings is 1. The van der Waals surface area contributed by atoms with Gasteiger partial charge in [0.25, 0.3) is 0 Å². The molecule has 0 radical (unpaired) electrons. The van der Waals surface area contributed by atoms with E-state index in [0.717, 1.165) is 23.9 Å². The van der Waals surface area contributed by atoms with Crippen LogP contribution in [-0.2, 0) is 4.74 Å². The Morgan fingerprint density at radius 2 is 1.90 bits per heavy atom. The Morgan fingerprint density at radius 1 is 1.10 bits per heavy atom. The van der Waals surface area contributed by atoms with Crippen LogP contribution in [0.1, 0.15) is 65.2 Å². The molecule has 0 fully saturated rings. The standard InChI is InChI=1S/C23H31N3O2S/c1-3-5-7-8-12-18(11-6-4-2)15-28-23(27)26-21-14-10-9-13-19(21)25-22(26)20-16-29-17-24-20/h9-10,13-14,16-18H,3-8,11-12,15H2,1-2H3. The van der Waals surface area contributed by atoms with E-state index >= 15 is 0 Å². The van der Waals surface area contributed by atoms with Gasteiger partial charge < -0.3 is 4.74 Å². The van der Waals surface area contributed by atoms with Gasteiger partial charge in [0.2, 0.25) is 0 Å². The second-order valence-electron chi connectivity index (χ2n) is 7.57. The van der Waals surface area contributed by atoms with Crippen LogP contribution in [0.2, 0.25) is 0 Å². The van der Waals surface area contributed by atoms with Gasteiger partial charge in [-0.3, -0.25) is 0 Å². The number of benzene rings is 1. The number of aromatic nitrogens is 3. The van der Waals surface area contributed by atoms with Gasteiger partial charge >= 0.3 is 6.09 Å². The minimum Gasteiger partial charge on any atom is -0.449 e. The first-order chi connectivity index (χ1) is 14.2. The largest absolute Gasteiger partial charge is 0.449 e. The summed E-state index contributed by atoms with van der Waals surface area (Å²) in [5.41, 5.74) is 3.98. The van der Waals surface area contributed by atoms with Crippen molar-refractivity contribution in [3.8, 4) is 11.5 Å². The van der Waals surface area contributed by atoms with Gasteiger partial charge in [0.05, 0.1) is 23.2 Å². The summed E-state index contributed by atoms with van der Waals surface area (Å²) in [6.45, 7) is 4.90. The summed E-state index contributed by atoms with van der Waals surface area (Å²) in [7, 11) is 0. The number of rotatable bonds is 11. The van der Waals surface area contributed by atoms with Crippen molar-refractivity contribution >= 4 is 28.5 Å². The molecule has 0 aliphatic carbocycles. The summed E-state index contributed by atoms with van der Waals surface area (Å²) >= 11 is 1.49. The molecule has 2 heterocycles. The lowest BCUT2D eigenvalue weighted by molar-refractivity contribution is 0.123. The maximum absolute atomic E-state index is 13.1. The van der Waals surface area contributed by atoms with Crippen LogP contribution in [0.5, 0.6) is 0 Å². The summed E-state index contributed by atoms with van der Waals surface area (Å²) in [6, 6.07) is 7.65. The van der Waals surface area contributed by atoms with Crippen molar-refractivity contribution in [2.24, 2.45) is 5.92 Å². The molecule has 0 spiro atoms. The van der Waals surface area contributed by atoms with Gasteiger partial charge in [0.15, 0.2) is 5.82 Å². The molecule has 0 aliphatic rings. The maximum atomic E-state index is 13.1. The Labute approximate surface area is 177 Å². The van der Waals surface area contributed by atoms with Crippen LogP contribution in [0.4, 0.5) is 4.79 Å². The number of para-hydroxylation sites is 2. The fourth-order valence-electron chi connectivity index (χ4n) is 3.62. The number of nitrogens with zero attached hydrogens (tertiary/aromatic N) is 3. The van der Waals surface area contributed by atoms with Crippen molar-refractivity contribution in [2.45, 2.75) is 65.2 Å². The molecule has 156 valence electrons. The Morgan fingerprint density at radius 3 is 2.66 bits per heavy atom. The Bertz CT molecular complexity index is 889. The molecule has 0 amide bonds. The zero-order valence-electron chi connectivity index (χ0n) is 17.5. The predicted molar refractivity (Wildman–Crippen MR) is 119 cm³/mol. The van der Waals surface area contributed by atoms with E-state index in [4.69, 9.17) is 4.74 Å². The van der Waals surface area contributed by atoms with Crippen LogP contribution in [0.25, 0.3) is 22.6 Å². The normalized spacial score (nSPS) is 12.3. The molecule has 5 nitrogen and oxygen atoms in total. The summed E-state index contributed by atoms with van der Waals surface area (Å²) in [5.74, 6) is 0.971. The minimum absolute atomic E-state index is 0.364. The third-order valence-corrected chi connectivity index (χ3v) is 5.87. The first-order valence-electron chi connectivity index (χ1n) is 10.8. The van der Waals surface area contributed by atoms with Crippen LogP contribution in [0.3, 0.4) is 0 Å². The van der Waals surface area contributed by atoms with Gasteiger partial charge in [-0.2, -0.15) is 0 Å². The highest BCUT2D eigenvalue weighted by Crippen LogP contribution is 2.25. The molecule has 1 atom stereocenters. The number of imidazole rings is 1. The molecule has 0 bridgehead atoms. The van der Waals surface area contributed by atoms with Crippen LogP contribution in [-0.4, -0.2) is 27.2 Å². The second-order valence-corrected chi connectivity index (χ2v) is 8.29. The molecule has 1 aromatic carbocycles. The highest BCUT2D eigenvalue weighted by molar-refractivity contribution is 7.07. The first-order valence-corrected chi connectivity index (χ1v) is 11.7. The van der Waals surface area contributed by atoms with Crippen LogP contribution < -0.4 is 0 Å². The number of fused-ring (bicyclic) bond motifs is 1.